The van der Waals surface area contributed by atoms with Crippen molar-refractivity contribution in [1.82, 2.24) is 14.8 Å². The van der Waals surface area contributed by atoms with Crippen molar-refractivity contribution in [2.45, 2.75) is 26.2 Å². The number of rotatable bonds is 5. The van der Waals surface area contributed by atoms with Gasteiger partial charge in [0.25, 0.3) is 11.8 Å². The maximum atomic E-state index is 13.2. The van der Waals surface area contributed by atoms with E-state index in [9.17, 15) is 9.59 Å². The number of hydrogen-bond acceptors (Lipinski definition) is 4. The number of hydrogen-bond donors (Lipinski definition) is 2. The van der Waals surface area contributed by atoms with E-state index in [1.54, 1.807) is 7.11 Å². The van der Waals surface area contributed by atoms with Gasteiger partial charge in [0.2, 0.25) is 0 Å². The maximum absolute atomic E-state index is 13.2. The summed E-state index contributed by atoms with van der Waals surface area (Å²) in [4.78, 5) is 33.6. The third kappa shape index (κ3) is 3.53. The summed E-state index contributed by atoms with van der Waals surface area (Å²) in [5.74, 6) is 0.651. The molecule has 3 aliphatic rings. The number of aromatic amines is 1. The summed E-state index contributed by atoms with van der Waals surface area (Å²) in [5, 5.41) is 2.90. The molecule has 3 aliphatic heterocycles. The molecule has 0 saturated carbocycles. The minimum Gasteiger partial charge on any atom is -0.497 e. The van der Waals surface area contributed by atoms with Crippen molar-refractivity contribution in [3.8, 4) is 5.75 Å². The fraction of sp³-hybridized carbons (Fsp3) is 0.417. The van der Waals surface area contributed by atoms with E-state index in [4.69, 9.17) is 4.74 Å². The molecular weight excluding hydrogens is 392 g/mol. The lowest BCUT2D eigenvalue weighted by atomic mass is 10.0. The number of carbonyl (C=O) groups is 2. The molecule has 2 aromatic rings. The number of ether oxygens (including phenoxy) is 1. The van der Waals surface area contributed by atoms with Crippen LogP contribution in [0.25, 0.3) is 11.6 Å². The minimum atomic E-state index is -0.145. The Bertz CT molecular complexity index is 1080. The van der Waals surface area contributed by atoms with E-state index in [-0.39, 0.29) is 11.8 Å². The number of likely N-dealkylation sites (tertiary alicyclic amines) is 1. The second-order valence-electron chi connectivity index (χ2n) is 8.53. The normalized spacial score (nSPS) is 19.7. The summed E-state index contributed by atoms with van der Waals surface area (Å²) in [5.41, 5.74) is 5.63. The fourth-order valence-electron chi connectivity index (χ4n) is 4.87. The number of fused-ring (bicyclic) bond motifs is 2. The van der Waals surface area contributed by atoms with E-state index in [0.29, 0.717) is 11.3 Å². The van der Waals surface area contributed by atoms with Gasteiger partial charge in [0.05, 0.1) is 18.2 Å². The Kier molecular flexibility index (Phi) is 5.06. The monoisotopic (exact) mass is 420 g/mol. The van der Waals surface area contributed by atoms with Crippen LogP contribution >= 0.6 is 0 Å². The molecule has 7 heteroatoms. The van der Waals surface area contributed by atoms with Crippen LogP contribution in [-0.4, -0.2) is 66.4 Å². The fourth-order valence-corrected chi connectivity index (χ4v) is 4.87. The van der Waals surface area contributed by atoms with Gasteiger partial charge in [-0.2, -0.15) is 0 Å². The second kappa shape index (κ2) is 7.89. The van der Waals surface area contributed by atoms with Crippen LogP contribution in [0.5, 0.6) is 5.75 Å². The van der Waals surface area contributed by atoms with Crippen LogP contribution in [0.2, 0.25) is 0 Å². The highest BCUT2D eigenvalue weighted by Gasteiger charge is 2.31. The van der Waals surface area contributed by atoms with Gasteiger partial charge in [-0.1, -0.05) is 0 Å². The van der Waals surface area contributed by atoms with Gasteiger partial charge < -0.3 is 24.8 Å². The molecule has 1 fully saturated rings. The van der Waals surface area contributed by atoms with Crippen molar-refractivity contribution < 1.29 is 14.3 Å². The summed E-state index contributed by atoms with van der Waals surface area (Å²) >= 11 is 0. The molecular formula is C24H28N4O3. The van der Waals surface area contributed by atoms with Crippen molar-refractivity contribution >= 4 is 29.2 Å². The Morgan fingerprint density at radius 1 is 1.13 bits per heavy atom. The van der Waals surface area contributed by atoms with Gasteiger partial charge in [0.15, 0.2) is 0 Å². The molecule has 0 atom stereocenters. The standard InChI is InChI=1S/C24H28N4O3/c1-15-21(14-18-17-13-16(31-2)5-6-19(17)26-23(18)29)25-20-7-10-28(24(30)22(15)20)12-11-27-8-3-4-9-27/h5-6,13-14,25H,3-4,7-12H2,1-2H3,(H,26,29). The van der Waals surface area contributed by atoms with Crippen molar-refractivity contribution in [2.75, 3.05) is 45.2 Å². The third-order valence-corrected chi connectivity index (χ3v) is 6.68. The lowest BCUT2D eigenvalue weighted by Crippen LogP contribution is -2.42. The van der Waals surface area contributed by atoms with Crippen LogP contribution in [0, 0.1) is 6.92 Å². The smallest absolute Gasteiger partial charge is 0.256 e. The van der Waals surface area contributed by atoms with Gasteiger partial charge in [-0.15, -0.1) is 0 Å². The molecule has 0 bridgehead atoms. The second-order valence-corrected chi connectivity index (χ2v) is 8.53. The largest absolute Gasteiger partial charge is 0.497 e. The number of nitrogens with zero attached hydrogens (tertiary/aromatic N) is 2. The number of carbonyl (C=O) groups excluding carboxylic acids is 2. The van der Waals surface area contributed by atoms with E-state index >= 15 is 0 Å². The minimum absolute atomic E-state index is 0.0942. The zero-order chi connectivity index (χ0) is 21.5. The number of amides is 2. The highest BCUT2D eigenvalue weighted by Crippen LogP contribution is 2.36. The van der Waals surface area contributed by atoms with Crippen LogP contribution in [0.4, 0.5) is 5.69 Å². The molecule has 0 unspecified atom stereocenters. The van der Waals surface area contributed by atoms with E-state index in [1.165, 1.54) is 12.8 Å². The SMILES string of the molecule is COc1ccc2c(c1)C(=Cc1[nH]c3c(c1C)C(=O)N(CCN1CCCC1)CC3)C(=O)N2. The molecule has 0 radical (unpaired) electrons. The number of aromatic nitrogens is 1. The summed E-state index contributed by atoms with van der Waals surface area (Å²) < 4.78 is 5.32. The van der Waals surface area contributed by atoms with E-state index < -0.39 is 0 Å². The van der Waals surface area contributed by atoms with Crippen LogP contribution in [0.15, 0.2) is 18.2 Å². The van der Waals surface area contributed by atoms with Gasteiger partial charge >= 0.3 is 0 Å². The molecule has 0 aliphatic carbocycles. The number of nitrogens with one attached hydrogen (secondary N) is 2. The molecule has 1 aromatic heterocycles. The van der Waals surface area contributed by atoms with Crippen LogP contribution < -0.4 is 10.1 Å². The molecule has 2 N–H and O–H groups in total. The maximum Gasteiger partial charge on any atom is 0.256 e. The topological polar surface area (TPSA) is 77.7 Å². The number of anilines is 1. The summed E-state index contributed by atoms with van der Waals surface area (Å²) in [6.45, 7) is 6.69. The Morgan fingerprint density at radius 2 is 1.94 bits per heavy atom. The van der Waals surface area contributed by atoms with Gasteiger partial charge in [-0.05, 0) is 62.7 Å². The number of benzene rings is 1. The summed E-state index contributed by atoms with van der Waals surface area (Å²) in [7, 11) is 1.61. The lowest BCUT2D eigenvalue weighted by Gasteiger charge is -2.29. The average Bonchev–Trinajstić information content (AvgIpc) is 3.47. The van der Waals surface area contributed by atoms with E-state index in [2.05, 4.69) is 15.2 Å². The Hall–Kier alpha value is -3.06. The lowest BCUT2D eigenvalue weighted by molar-refractivity contribution is -0.110. The quantitative estimate of drug-likeness (QED) is 0.729. The third-order valence-electron chi connectivity index (χ3n) is 6.68. The first-order chi connectivity index (χ1) is 15.0. The molecule has 2 amide bonds. The molecule has 0 spiro atoms. The van der Waals surface area contributed by atoms with E-state index in [1.807, 2.05) is 36.1 Å². The van der Waals surface area contributed by atoms with Gasteiger partial charge in [-0.25, -0.2) is 0 Å². The van der Waals surface area contributed by atoms with Crippen LogP contribution in [-0.2, 0) is 11.2 Å². The predicted octanol–water partition coefficient (Wildman–Crippen LogP) is 2.92. The molecule has 4 heterocycles. The molecule has 31 heavy (non-hydrogen) atoms. The van der Waals surface area contributed by atoms with Crippen LogP contribution in [0.1, 0.15) is 45.7 Å². The first-order valence-corrected chi connectivity index (χ1v) is 11.0. The van der Waals surface area contributed by atoms with Gasteiger partial charge in [-0.3, -0.25) is 9.59 Å². The molecule has 5 rings (SSSR count). The average molecular weight is 421 g/mol. The zero-order valence-electron chi connectivity index (χ0n) is 18.1. The molecule has 162 valence electrons. The molecule has 1 saturated heterocycles. The molecule has 1 aromatic carbocycles. The van der Waals surface area contributed by atoms with Gasteiger partial charge in [0.1, 0.15) is 5.75 Å². The zero-order valence-corrected chi connectivity index (χ0v) is 18.1. The van der Waals surface area contributed by atoms with E-state index in [0.717, 1.165) is 72.9 Å². The Morgan fingerprint density at radius 3 is 2.71 bits per heavy atom. The Labute approximate surface area is 182 Å². The highest BCUT2D eigenvalue weighted by atomic mass is 16.5. The first kappa shape index (κ1) is 19.9. The van der Waals surface area contributed by atoms with Crippen molar-refractivity contribution in [3.63, 3.8) is 0 Å². The number of H-pyrrole nitrogens is 1. The first-order valence-electron chi connectivity index (χ1n) is 11.0. The predicted molar refractivity (Wildman–Crippen MR) is 120 cm³/mol. The van der Waals surface area contributed by atoms with Crippen LogP contribution in [0.3, 0.4) is 0 Å². The highest BCUT2D eigenvalue weighted by molar-refractivity contribution is 6.35. The Balaban J connectivity index is 1.42. The summed E-state index contributed by atoms with van der Waals surface area (Å²) in [6.07, 6.45) is 5.18. The van der Waals surface area contributed by atoms with Gasteiger partial charge in [0, 0.05) is 48.7 Å². The summed E-state index contributed by atoms with van der Waals surface area (Å²) in [6, 6.07) is 5.54. The van der Waals surface area contributed by atoms with Crippen molar-refractivity contribution in [1.29, 1.82) is 0 Å². The molecule has 7 nitrogen and oxygen atoms in total. The van der Waals surface area contributed by atoms with Crippen molar-refractivity contribution in [2.24, 2.45) is 0 Å². The van der Waals surface area contributed by atoms with Crippen molar-refractivity contribution in [3.05, 3.63) is 46.3 Å². The number of methoxy groups -OCH3 is 1.